The van der Waals surface area contributed by atoms with E-state index >= 15 is 0 Å². The Hall–Kier alpha value is -3.20. The first kappa shape index (κ1) is 31.0. The van der Waals surface area contributed by atoms with Crippen LogP contribution >= 0.6 is 12.6 Å². The number of phenolic OH excluding ortho intramolecular Hbond substituents is 1. The predicted molar refractivity (Wildman–Crippen MR) is 154 cm³/mol. The number of alkyl carbamates (subject to hydrolysis) is 1. The summed E-state index contributed by atoms with van der Waals surface area (Å²) in [6.07, 6.45) is -0.246. The summed E-state index contributed by atoms with van der Waals surface area (Å²) in [7, 11) is 0. The molecule has 38 heavy (non-hydrogen) atoms. The first-order chi connectivity index (χ1) is 17.6. The molecular formula is C29H41N3O5S. The topological polar surface area (TPSA) is 108 Å². The van der Waals surface area contributed by atoms with Gasteiger partial charge in [-0.05, 0) is 83.7 Å². The summed E-state index contributed by atoms with van der Waals surface area (Å²) in [5, 5.41) is 15.9. The summed E-state index contributed by atoms with van der Waals surface area (Å²) in [5.41, 5.74) is 1.26. The lowest BCUT2D eigenvalue weighted by atomic mass is 9.92. The fourth-order valence-electron chi connectivity index (χ4n) is 4.06. The summed E-state index contributed by atoms with van der Waals surface area (Å²) in [6.45, 7) is 14.6. The number of hydrogen-bond donors (Lipinski definition) is 4. The molecule has 0 aliphatic carbocycles. The standard InChI is InChI=1S/C29H41N3O5S/c1-9-29(7,8)32(26(35)22(17-38)30-27(36)37-28(4,5)6)24(20-14-11-15-21(33)16-20)25(34)31-23-18(2)12-10-13-19(23)3/h10-16,22,24,33,38H,9,17H2,1-8H3,(H,30,36)(H,31,34). The molecule has 0 aliphatic rings. The van der Waals surface area contributed by atoms with Crippen LogP contribution in [-0.4, -0.2) is 50.8 Å². The van der Waals surface area contributed by atoms with Crippen molar-refractivity contribution in [1.29, 1.82) is 0 Å². The van der Waals surface area contributed by atoms with E-state index in [1.165, 1.54) is 17.0 Å². The Bertz CT molecular complexity index is 1140. The number of rotatable bonds is 9. The minimum Gasteiger partial charge on any atom is -0.508 e. The van der Waals surface area contributed by atoms with Crippen molar-refractivity contribution in [3.05, 3.63) is 59.2 Å². The number of benzene rings is 2. The van der Waals surface area contributed by atoms with Gasteiger partial charge in [0.25, 0.3) is 5.91 Å². The van der Waals surface area contributed by atoms with Crippen LogP contribution in [0.5, 0.6) is 5.75 Å². The molecule has 3 amide bonds. The molecule has 0 saturated heterocycles. The molecular weight excluding hydrogens is 502 g/mol. The van der Waals surface area contributed by atoms with E-state index < -0.39 is 41.1 Å². The number of thiol groups is 1. The number of carbonyl (C=O) groups is 3. The Labute approximate surface area is 231 Å². The van der Waals surface area contributed by atoms with Crippen molar-refractivity contribution in [3.63, 3.8) is 0 Å². The maximum Gasteiger partial charge on any atom is 0.408 e. The quantitative estimate of drug-likeness (QED) is 0.311. The van der Waals surface area contributed by atoms with E-state index in [0.29, 0.717) is 17.7 Å². The Morgan fingerprint density at radius 1 is 1.03 bits per heavy atom. The van der Waals surface area contributed by atoms with Crippen molar-refractivity contribution < 1.29 is 24.2 Å². The highest BCUT2D eigenvalue weighted by atomic mass is 32.1. The van der Waals surface area contributed by atoms with Gasteiger partial charge in [0.1, 0.15) is 23.4 Å². The zero-order valence-electron chi connectivity index (χ0n) is 23.6. The van der Waals surface area contributed by atoms with Crippen LogP contribution in [0, 0.1) is 13.8 Å². The fourth-order valence-corrected chi connectivity index (χ4v) is 4.31. The number of aryl methyl sites for hydroxylation is 2. The fraction of sp³-hybridized carbons (Fsp3) is 0.483. The van der Waals surface area contributed by atoms with E-state index in [0.717, 1.165) is 11.1 Å². The molecule has 8 nitrogen and oxygen atoms in total. The van der Waals surface area contributed by atoms with Crippen LogP contribution in [0.25, 0.3) is 0 Å². The van der Waals surface area contributed by atoms with Crippen molar-refractivity contribution >= 4 is 36.2 Å². The van der Waals surface area contributed by atoms with Crippen LogP contribution in [0.3, 0.4) is 0 Å². The van der Waals surface area contributed by atoms with Crippen LogP contribution < -0.4 is 10.6 Å². The lowest BCUT2D eigenvalue weighted by Gasteiger charge is -2.44. The highest BCUT2D eigenvalue weighted by molar-refractivity contribution is 7.80. The molecule has 2 aromatic rings. The monoisotopic (exact) mass is 543 g/mol. The first-order valence-electron chi connectivity index (χ1n) is 12.7. The lowest BCUT2D eigenvalue weighted by Crippen LogP contribution is -2.59. The van der Waals surface area contributed by atoms with Crippen LogP contribution in [0.1, 0.15) is 70.7 Å². The molecule has 9 heteroatoms. The van der Waals surface area contributed by atoms with Crippen molar-refractivity contribution in [1.82, 2.24) is 10.2 Å². The molecule has 0 aromatic heterocycles. The molecule has 0 heterocycles. The molecule has 2 unspecified atom stereocenters. The van der Waals surface area contributed by atoms with Gasteiger partial charge in [-0.2, -0.15) is 12.6 Å². The van der Waals surface area contributed by atoms with E-state index in [4.69, 9.17) is 4.74 Å². The van der Waals surface area contributed by atoms with Gasteiger partial charge in [-0.25, -0.2) is 4.79 Å². The third kappa shape index (κ3) is 7.90. The van der Waals surface area contributed by atoms with Crippen LogP contribution in [-0.2, 0) is 14.3 Å². The largest absolute Gasteiger partial charge is 0.508 e. The Kier molecular flexibility index (Phi) is 10.3. The molecule has 0 saturated carbocycles. The normalized spacial score (nSPS) is 13.3. The summed E-state index contributed by atoms with van der Waals surface area (Å²) in [4.78, 5) is 42.2. The van der Waals surface area contributed by atoms with Gasteiger partial charge in [0.15, 0.2) is 0 Å². The number of ether oxygens (including phenoxy) is 1. The molecule has 0 fully saturated rings. The van der Waals surface area contributed by atoms with Crippen molar-refractivity contribution in [2.45, 2.75) is 85.0 Å². The molecule has 0 aliphatic heterocycles. The van der Waals surface area contributed by atoms with Gasteiger partial charge in [0.05, 0.1) is 0 Å². The second-order valence-electron chi connectivity index (χ2n) is 11.0. The first-order valence-corrected chi connectivity index (χ1v) is 13.3. The Balaban J connectivity index is 2.62. The van der Waals surface area contributed by atoms with E-state index in [9.17, 15) is 19.5 Å². The highest BCUT2D eigenvalue weighted by Gasteiger charge is 2.43. The van der Waals surface area contributed by atoms with Crippen molar-refractivity contribution in [2.75, 3.05) is 11.1 Å². The summed E-state index contributed by atoms with van der Waals surface area (Å²) >= 11 is 4.33. The number of phenols is 1. The number of nitrogens with one attached hydrogen (secondary N) is 2. The molecule has 0 radical (unpaired) electrons. The predicted octanol–water partition coefficient (Wildman–Crippen LogP) is 5.53. The molecule has 0 spiro atoms. The molecule has 2 aromatic carbocycles. The van der Waals surface area contributed by atoms with Gasteiger partial charge in [-0.3, -0.25) is 9.59 Å². The van der Waals surface area contributed by atoms with Gasteiger partial charge in [-0.1, -0.05) is 37.3 Å². The van der Waals surface area contributed by atoms with Crippen molar-refractivity contribution in [2.24, 2.45) is 0 Å². The molecule has 208 valence electrons. The van der Waals surface area contributed by atoms with Crippen LogP contribution in [0.2, 0.25) is 0 Å². The van der Waals surface area contributed by atoms with Crippen LogP contribution in [0.4, 0.5) is 10.5 Å². The maximum absolute atomic E-state index is 14.1. The van der Waals surface area contributed by atoms with E-state index in [-0.39, 0.29) is 11.5 Å². The highest BCUT2D eigenvalue weighted by Crippen LogP contribution is 2.34. The number of para-hydroxylation sites is 1. The second kappa shape index (κ2) is 12.6. The zero-order valence-corrected chi connectivity index (χ0v) is 24.5. The maximum atomic E-state index is 14.1. The number of nitrogens with zero attached hydrogens (tertiary/aromatic N) is 1. The number of carbonyl (C=O) groups excluding carboxylic acids is 3. The van der Waals surface area contributed by atoms with Gasteiger partial charge in [0, 0.05) is 17.0 Å². The summed E-state index contributed by atoms with van der Waals surface area (Å²) < 4.78 is 5.36. The van der Waals surface area contributed by atoms with Crippen LogP contribution in [0.15, 0.2) is 42.5 Å². The SMILES string of the molecule is CCC(C)(C)N(C(=O)C(CS)NC(=O)OC(C)(C)C)C(C(=O)Nc1c(C)cccc1C)c1cccc(O)c1. The number of amides is 3. The van der Waals surface area contributed by atoms with E-state index in [1.54, 1.807) is 32.9 Å². The average Bonchev–Trinajstić information content (AvgIpc) is 2.81. The third-order valence-electron chi connectivity index (χ3n) is 6.35. The molecule has 2 atom stereocenters. The molecule has 3 N–H and O–H groups in total. The van der Waals surface area contributed by atoms with E-state index in [1.807, 2.05) is 52.8 Å². The summed E-state index contributed by atoms with van der Waals surface area (Å²) in [5.74, 6) is -0.993. The van der Waals surface area contributed by atoms with Crippen molar-refractivity contribution in [3.8, 4) is 5.75 Å². The number of anilines is 1. The average molecular weight is 544 g/mol. The second-order valence-corrected chi connectivity index (χ2v) is 11.4. The Morgan fingerprint density at radius 3 is 2.11 bits per heavy atom. The minimum atomic E-state index is -1.12. The number of hydrogen-bond acceptors (Lipinski definition) is 6. The minimum absolute atomic E-state index is 0.0142. The lowest BCUT2D eigenvalue weighted by molar-refractivity contribution is -0.147. The molecule has 2 rings (SSSR count). The molecule has 0 bridgehead atoms. The van der Waals surface area contributed by atoms with Gasteiger partial charge >= 0.3 is 6.09 Å². The van der Waals surface area contributed by atoms with Gasteiger partial charge < -0.3 is 25.4 Å². The smallest absolute Gasteiger partial charge is 0.408 e. The van der Waals surface area contributed by atoms with E-state index in [2.05, 4.69) is 23.3 Å². The zero-order chi connectivity index (χ0) is 28.8. The third-order valence-corrected chi connectivity index (χ3v) is 6.71. The number of aromatic hydroxyl groups is 1. The van der Waals surface area contributed by atoms with Gasteiger partial charge in [0.2, 0.25) is 5.91 Å². The Morgan fingerprint density at radius 2 is 1.61 bits per heavy atom. The summed E-state index contributed by atoms with van der Waals surface area (Å²) in [6, 6.07) is 9.80. The van der Waals surface area contributed by atoms with Gasteiger partial charge in [-0.15, -0.1) is 0 Å².